The molecule has 0 radical (unpaired) electrons. The molecule has 2 aromatic rings. The lowest BCUT2D eigenvalue weighted by Crippen LogP contribution is -2.65. The van der Waals surface area contributed by atoms with E-state index in [1.165, 1.54) is 0 Å². The molecule has 0 saturated carbocycles. The molecular weight excluding hydrogens is 406 g/mol. The molecule has 2 amide bonds. The molecule has 2 heterocycles. The number of piperidine rings is 1. The van der Waals surface area contributed by atoms with Crippen molar-refractivity contribution in [3.8, 4) is 0 Å². The number of benzene rings is 2. The van der Waals surface area contributed by atoms with Crippen molar-refractivity contribution in [3.63, 3.8) is 0 Å². The van der Waals surface area contributed by atoms with Crippen molar-refractivity contribution in [2.45, 2.75) is 31.2 Å². The second-order valence-corrected chi connectivity index (χ2v) is 7.95. The molecule has 164 valence electrons. The van der Waals surface area contributed by atoms with Gasteiger partial charge in [-0.2, -0.15) is 8.78 Å². The lowest BCUT2D eigenvalue weighted by Gasteiger charge is -2.48. The number of methoxy groups -OCH3 is 1. The van der Waals surface area contributed by atoms with Crippen molar-refractivity contribution in [1.82, 2.24) is 4.90 Å². The summed E-state index contributed by atoms with van der Waals surface area (Å²) in [7, 11) is 1.59. The molecule has 6 nitrogen and oxygen atoms in total. The van der Waals surface area contributed by atoms with Gasteiger partial charge in [0.05, 0.1) is 18.8 Å². The Morgan fingerprint density at radius 1 is 1.10 bits per heavy atom. The summed E-state index contributed by atoms with van der Waals surface area (Å²) < 4.78 is 39.2. The van der Waals surface area contributed by atoms with Gasteiger partial charge in [0.15, 0.2) is 0 Å². The number of hydrogen-bond acceptors (Lipinski definition) is 4. The highest BCUT2D eigenvalue weighted by Gasteiger charge is 2.57. The standard InChI is InChI=1S/C23H24F2N2O4/c1-30-15-17-6-5-7-18(14-17)20(28)26-12-10-22(11-13-26)16-27(19-8-3-2-4-9-19)21(29)23(24,25)31-22/h2-9,14H,10-13,15-16H2,1H3. The highest BCUT2D eigenvalue weighted by molar-refractivity contribution is 5.98. The van der Waals surface area contributed by atoms with E-state index < -0.39 is 17.6 Å². The van der Waals surface area contributed by atoms with Crippen LogP contribution in [0.3, 0.4) is 0 Å². The molecule has 2 saturated heterocycles. The molecule has 0 N–H and O–H groups in total. The van der Waals surface area contributed by atoms with Crippen LogP contribution in [0.4, 0.5) is 14.5 Å². The summed E-state index contributed by atoms with van der Waals surface area (Å²) >= 11 is 0. The zero-order chi connectivity index (χ0) is 22.1. The highest BCUT2D eigenvalue weighted by atomic mass is 19.3. The fraction of sp³-hybridized carbons (Fsp3) is 0.391. The Morgan fingerprint density at radius 2 is 1.81 bits per heavy atom. The lowest BCUT2D eigenvalue weighted by molar-refractivity contribution is -0.292. The Bertz CT molecular complexity index is 959. The van der Waals surface area contributed by atoms with E-state index in [9.17, 15) is 18.4 Å². The number of amides is 2. The summed E-state index contributed by atoms with van der Waals surface area (Å²) in [6.45, 7) is 0.952. The third-order valence-electron chi connectivity index (χ3n) is 5.80. The monoisotopic (exact) mass is 430 g/mol. The number of ether oxygens (including phenoxy) is 2. The van der Waals surface area contributed by atoms with E-state index in [2.05, 4.69) is 0 Å². The lowest BCUT2D eigenvalue weighted by atomic mass is 9.88. The van der Waals surface area contributed by atoms with Crippen molar-refractivity contribution in [2.24, 2.45) is 0 Å². The smallest absolute Gasteiger partial charge is 0.380 e. The quantitative estimate of drug-likeness (QED) is 0.746. The minimum atomic E-state index is -3.91. The maximum absolute atomic E-state index is 14.5. The minimum absolute atomic E-state index is 0.0246. The summed E-state index contributed by atoms with van der Waals surface area (Å²) in [5, 5.41) is 0. The molecule has 0 aliphatic carbocycles. The fourth-order valence-electron chi connectivity index (χ4n) is 4.20. The van der Waals surface area contributed by atoms with Crippen LogP contribution >= 0.6 is 0 Å². The van der Waals surface area contributed by atoms with Gasteiger partial charge in [-0.3, -0.25) is 9.59 Å². The number of nitrogens with zero attached hydrogens (tertiary/aromatic N) is 2. The zero-order valence-corrected chi connectivity index (χ0v) is 17.2. The van der Waals surface area contributed by atoms with Gasteiger partial charge in [0.1, 0.15) is 0 Å². The third kappa shape index (κ3) is 4.31. The first-order valence-electron chi connectivity index (χ1n) is 10.2. The van der Waals surface area contributed by atoms with Gasteiger partial charge < -0.3 is 19.3 Å². The van der Waals surface area contributed by atoms with E-state index in [-0.39, 0.29) is 38.4 Å². The number of anilines is 1. The van der Waals surface area contributed by atoms with Gasteiger partial charge >= 0.3 is 12.0 Å². The van der Waals surface area contributed by atoms with Gasteiger partial charge in [-0.05, 0) is 42.7 Å². The van der Waals surface area contributed by atoms with E-state index in [0.29, 0.717) is 17.9 Å². The average molecular weight is 430 g/mol. The topological polar surface area (TPSA) is 59.1 Å². The van der Waals surface area contributed by atoms with Crippen LogP contribution in [0, 0.1) is 0 Å². The predicted octanol–water partition coefficient (Wildman–Crippen LogP) is 3.46. The normalized spacial score (nSPS) is 20.2. The Balaban J connectivity index is 1.49. The number of carbonyl (C=O) groups excluding carboxylic acids is 2. The van der Waals surface area contributed by atoms with E-state index in [0.717, 1.165) is 10.5 Å². The summed E-state index contributed by atoms with van der Waals surface area (Å²) in [6.07, 6.45) is -3.49. The van der Waals surface area contributed by atoms with Crippen molar-refractivity contribution in [2.75, 3.05) is 31.6 Å². The van der Waals surface area contributed by atoms with Crippen LogP contribution in [0.1, 0.15) is 28.8 Å². The van der Waals surface area contributed by atoms with Crippen molar-refractivity contribution < 1.29 is 27.8 Å². The van der Waals surface area contributed by atoms with Gasteiger partial charge in [-0.15, -0.1) is 0 Å². The van der Waals surface area contributed by atoms with Crippen LogP contribution in [0.5, 0.6) is 0 Å². The Morgan fingerprint density at radius 3 is 2.48 bits per heavy atom. The van der Waals surface area contributed by atoms with E-state index in [1.807, 2.05) is 6.07 Å². The number of halogens is 2. The van der Waals surface area contributed by atoms with Gasteiger partial charge in [-0.1, -0.05) is 30.3 Å². The summed E-state index contributed by atoms with van der Waals surface area (Å²) in [5.74, 6) is -1.52. The Hall–Kier alpha value is -2.84. The van der Waals surface area contributed by atoms with E-state index in [1.54, 1.807) is 60.5 Å². The van der Waals surface area contributed by atoms with Crippen LogP contribution in [-0.4, -0.2) is 55.2 Å². The van der Waals surface area contributed by atoms with Crippen LogP contribution in [0.2, 0.25) is 0 Å². The van der Waals surface area contributed by atoms with E-state index >= 15 is 0 Å². The SMILES string of the molecule is COCc1cccc(C(=O)N2CCC3(CC2)CN(c2ccccc2)C(=O)C(F)(F)O3)c1. The molecule has 0 aromatic heterocycles. The molecule has 31 heavy (non-hydrogen) atoms. The second-order valence-electron chi connectivity index (χ2n) is 7.95. The third-order valence-corrected chi connectivity index (χ3v) is 5.80. The number of morpholine rings is 1. The Kier molecular flexibility index (Phi) is 5.77. The fourth-order valence-corrected chi connectivity index (χ4v) is 4.20. The molecule has 4 rings (SSSR count). The maximum Gasteiger partial charge on any atom is 0.437 e. The largest absolute Gasteiger partial charge is 0.437 e. The first kappa shape index (κ1) is 21.4. The molecule has 0 unspecified atom stereocenters. The zero-order valence-electron chi connectivity index (χ0n) is 17.2. The molecule has 0 bridgehead atoms. The number of alkyl halides is 2. The minimum Gasteiger partial charge on any atom is -0.380 e. The summed E-state index contributed by atoms with van der Waals surface area (Å²) in [6, 6.07) is 15.6. The summed E-state index contributed by atoms with van der Waals surface area (Å²) in [4.78, 5) is 27.9. The summed E-state index contributed by atoms with van der Waals surface area (Å²) in [5.41, 5.74) is 0.612. The second kappa shape index (κ2) is 8.36. The van der Waals surface area contributed by atoms with Crippen LogP contribution < -0.4 is 4.90 Å². The van der Waals surface area contributed by atoms with Gasteiger partial charge in [0.2, 0.25) is 0 Å². The molecule has 1 spiro atoms. The van der Waals surface area contributed by atoms with Gasteiger partial charge in [-0.25, -0.2) is 0 Å². The number of rotatable bonds is 4. The number of carbonyl (C=O) groups is 2. The van der Waals surface area contributed by atoms with Crippen LogP contribution in [0.25, 0.3) is 0 Å². The first-order chi connectivity index (χ1) is 14.8. The van der Waals surface area contributed by atoms with Crippen molar-refractivity contribution >= 4 is 17.5 Å². The van der Waals surface area contributed by atoms with Crippen molar-refractivity contribution in [1.29, 1.82) is 0 Å². The molecule has 2 aliphatic heterocycles. The van der Waals surface area contributed by atoms with E-state index in [4.69, 9.17) is 9.47 Å². The predicted molar refractivity (Wildman–Crippen MR) is 110 cm³/mol. The van der Waals surface area contributed by atoms with Crippen LogP contribution in [0.15, 0.2) is 54.6 Å². The molecule has 0 atom stereocenters. The number of para-hydroxylation sites is 1. The van der Waals surface area contributed by atoms with Crippen molar-refractivity contribution in [3.05, 3.63) is 65.7 Å². The first-order valence-corrected chi connectivity index (χ1v) is 10.2. The van der Waals surface area contributed by atoms with Gasteiger partial charge in [0, 0.05) is 31.5 Å². The van der Waals surface area contributed by atoms with Crippen LogP contribution in [-0.2, 0) is 20.9 Å². The maximum atomic E-state index is 14.5. The molecule has 2 fully saturated rings. The van der Waals surface area contributed by atoms with Gasteiger partial charge in [0.25, 0.3) is 5.91 Å². The highest BCUT2D eigenvalue weighted by Crippen LogP contribution is 2.40. The number of likely N-dealkylation sites (tertiary alicyclic amines) is 1. The molecule has 2 aliphatic rings. The Labute approximate surface area is 179 Å². The molecule has 8 heteroatoms. The average Bonchev–Trinajstić information content (AvgIpc) is 2.77. The number of hydrogen-bond donors (Lipinski definition) is 0. The molecular formula is C23H24F2N2O4. The molecule has 2 aromatic carbocycles.